The first-order chi connectivity index (χ1) is 14.5. The van der Waals surface area contributed by atoms with Gasteiger partial charge in [0.1, 0.15) is 12.0 Å². The summed E-state index contributed by atoms with van der Waals surface area (Å²) in [5.74, 6) is -0.338. The van der Waals surface area contributed by atoms with Crippen LogP contribution in [0.5, 0.6) is 0 Å². The first kappa shape index (κ1) is 19.2. The fourth-order valence-electron chi connectivity index (χ4n) is 5.09. The van der Waals surface area contributed by atoms with Gasteiger partial charge in [0.15, 0.2) is 5.60 Å². The van der Waals surface area contributed by atoms with E-state index >= 15 is 0 Å². The molecule has 6 heteroatoms. The van der Waals surface area contributed by atoms with E-state index in [1.807, 2.05) is 31.2 Å². The highest BCUT2D eigenvalue weighted by atomic mass is 19.1. The normalized spacial score (nSPS) is 25.1. The molecule has 2 aromatic carbocycles. The van der Waals surface area contributed by atoms with E-state index in [0.29, 0.717) is 49.9 Å². The minimum atomic E-state index is -0.891. The van der Waals surface area contributed by atoms with Gasteiger partial charge in [-0.2, -0.15) is 0 Å². The van der Waals surface area contributed by atoms with Crippen molar-refractivity contribution in [3.05, 3.63) is 71.0 Å². The zero-order chi connectivity index (χ0) is 20.9. The largest absolute Gasteiger partial charge is 0.342 e. The molecule has 2 aromatic rings. The third-order valence-electron chi connectivity index (χ3n) is 6.71. The second kappa shape index (κ2) is 7.20. The number of halogens is 1. The second-order valence-corrected chi connectivity index (χ2v) is 8.56. The number of piperidine rings is 1. The van der Waals surface area contributed by atoms with Crippen LogP contribution in [0.2, 0.25) is 0 Å². The monoisotopic (exact) mass is 408 g/mol. The summed E-state index contributed by atoms with van der Waals surface area (Å²) in [4.78, 5) is 29.7. The molecule has 3 aliphatic rings. The molecule has 5 nitrogen and oxygen atoms in total. The van der Waals surface area contributed by atoms with Crippen LogP contribution >= 0.6 is 0 Å². The number of nitrogens with zero attached hydrogens (tertiary/aromatic N) is 2. The summed E-state index contributed by atoms with van der Waals surface area (Å²) in [5, 5.41) is 0. The maximum atomic E-state index is 14.6. The van der Waals surface area contributed by atoms with Crippen molar-refractivity contribution in [2.45, 2.75) is 50.5 Å². The lowest BCUT2D eigenvalue weighted by atomic mass is 9.89. The lowest BCUT2D eigenvalue weighted by molar-refractivity contribution is -0.142. The third-order valence-corrected chi connectivity index (χ3v) is 6.71. The van der Waals surface area contributed by atoms with Gasteiger partial charge in [0.25, 0.3) is 11.8 Å². The minimum absolute atomic E-state index is 0.0176. The van der Waals surface area contributed by atoms with Gasteiger partial charge in [-0.15, -0.1) is 0 Å². The molecule has 3 saturated heterocycles. The van der Waals surface area contributed by atoms with Crippen LogP contribution in [0.3, 0.4) is 0 Å². The number of aryl methyl sites for hydroxylation is 1. The Labute approximate surface area is 175 Å². The van der Waals surface area contributed by atoms with E-state index in [9.17, 15) is 14.0 Å². The number of likely N-dealkylation sites (tertiary alicyclic amines) is 1. The fraction of sp³-hybridized carbons (Fsp3) is 0.417. The van der Waals surface area contributed by atoms with Gasteiger partial charge in [0.05, 0.1) is 6.04 Å². The molecule has 1 spiro atoms. The molecule has 3 aliphatic heterocycles. The van der Waals surface area contributed by atoms with Crippen LogP contribution in [0.15, 0.2) is 48.5 Å². The van der Waals surface area contributed by atoms with Gasteiger partial charge in [-0.05, 0) is 43.5 Å². The van der Waals surface area contributed by atoms with Gasteiger partial charge < -0.3 is 14.5 Å². The molecular formula is C24H25FN2O3. The second-order valence-electron chi connectivity index (χ2n) is 8.56. The molecule has 0 bridgehead atoms. The molecule has 2 atom stereocenters. The van der Waals surface area contributed by atoms with Crippen molar-refractivity contribution < 1.29 is 18.7 Å². The molecule has 0 radical (unpaired) electrons. The Hall–Kier alpha value is -2.73. The van der Waals surface area contributed by atoms with Gasteiger partial charge in [0.2, 0.25) is 0 Å². The highest BCUT2D eigenvalue weighted by Crippen LogP contribution is 2.48. The summed E-state index contributed by atoms with van der Waals surface area (Å²) in [7, 11) is 0. The average molecular weight is 408 g/mol. The fourth-order valence-corrected chi connectivity index (χ4v) is 5.09. The zero-order valence-electron chi connectivity index (χ0n) is 17.0. The van der Waals surface area contributed by atoms with E-state index in [1.54, 1.807) is 28.0 Å². The minimum Gasteiger partial charge on any atom is -0.342 e. The Morgan fingerprint density at radius 3 is 2.53 bits per heavy atom. The molecule has 156 valence electrons. The van der Waals surface area contributed by atoms with Crippen LogP contribution in [0.4, 0.5) is 4.39 Å². The van der Waals surface area contributed by atoms with E-state index in [-0.39, 0.29) is 29.9 Å². The van der Waals surface area contributed by atoms with Crippen molar-refractivity contribution in [3.63, 3.8) is 0 Å². The summed E-state index contributed by atoms with van der Waals surface area (Å²) in [5.41, 5.74) is 1.19. The highest BCUT2D eigenvalue weighted by molar-refractivity contribution is 5.95. The molecule has 0 N–H and O–H groups in total. The van der Waals surface area contributed by atoms with E-state index in [1.165, 1.54) is 6.07 Å². The first-order valence-corrected chi connectivity index (χ1v) is 10.6. The van der Waals surface area contributed by atoms with Crippen LogP contribution in [0, 0.1) is 12.7 Å². The van der Waals surface area contributed by atoms with Crippen LogP contribution in [-0.4, -0.2) is 46.5 Å². The van der Waals surface area contributed by atoms with Gasteiger partial charge >= 0.3 is 0 Å². The summed E-state index contributed by atoms with van der Waals surface area (Å²) < 4.78 is 20.9. The third kappa shape index (κ3) is 3.01. The maximum absolute atomic E-state index is 14.6. The SMILES string of the molecule is Cc1ccc(C2CCC3OC4(CCN(C(=O)c5ccccc5)CC4)C(=O)N32)c(F)c1. The predicted octanol–water partition coefficient (Wildman–Crippen LogP) is 3.83. The number of ether oxygens (including phenoxy) is 1. The molecule has 3 heterocycles. The van der Waals surface area contributed by atoms with E-state index in [2.05, 4.69) is 0 Å². The van der Waals surface area contributed by atoms with Crippen molar-refractivity contribution in [2.24, 2.45) is 0 Å². The number of fused-ring (bicyclic) bond motifs is 1. The van der Waals surface area contributed by atoms with E-state index in [0.717, 1.165) is 5.56 Å². The van der Waals surface area contributed by atoms with Crippen molar-refractivity contribution in [2.75, 3.05) is 13.1 Å². The first-order valence-electron chi connectivity index (χ1n) is 10.6. The molecule has 0 aromatic heterocycles. The van der Waals surface area contributed by atoms with Crippen molar-refractivity contribution in [3.8, 4) is 0 Å². The number of carbonyl (C=O) groups is 2. The van der Waals surface area contributed by atoms with E-state index < -0.39 is 5.60 Å². The Balaban J connectivity index is 1.32. The van der Waals surface area contributed by atoms with E-state index in [4.69, 9.17) is 4.74 Å². The number of amides is 2. The standard InChI is InChI=1S/C24H25FN2O3/c1-16-7-8-18(19(25)15-16)20-9-10-21-27(20)23(29)24(30-21)11-13-26(14-12-24)22(28)17-5-3-2-4-6-17/h2-8,15,20-21H,9-14H2,1H3. The highest BCUT2D eigenvalue weighted by Gasteiger charge is 2.58. The topological polar surface area (TPSA) is 49.9 Å². The summed E-state index contributed by atoms with van der Waals surface area (Å²) >= 11 is 0. The zero-order valence-corrected chi connectivity index (χ0v) is 17.0. The van der Waals surface area contributed by atoms with Crippen molar-refractivity contribution >= 4 is 11.8 Å². The van der Waals surface area contributed by atoms with Crippen LogP contribution < -0.4 is 0 Å². The van der Waals surface area contributed by atoms with Crippen molar-refractivity contribution in [1.29, 1.82) is 0 Å². The van der Waals surface area contributed by atoms with Gasteiger partial charge in [-0.1, -0.05) is 30.3 Å². The summed E-state index contributed by atoms with van der Waals surface area (Å²) in [6, 6.07) is 14.1. The van der Waals surface area contributed by atoms with Crippen molar-refractivity contribution in [1.82, 2.24) is 9.80 Å². The number of carbonyl (C=O) groups excluding carboxylic acids is 2. The maximum Gasteiger partial charge on any atom is 0.257 e. The molecule has 2 unspecified atom stereocenters. The van der Waals surface area contributed by atoms with Crippen LogP contribution in [0.25, 0.3) is 0 Å². The number of hydrogen-bond acceptors (Lipinski definition) is 3. The average Bonchev–Trinajstić information content (AvgIpc) is 3.27. The molecule has 2 amide bonds. The summed E-state index contributed by atoms with van der Waals surface area (Å²) in [6.07, 6.45) is 2.05. The molecular weight excluding hydrogens is 383 g/mol. The Morgan fingerprint density at radius 1 is 1.10 bits per heavy atom. The quantitative estimate of drug-likeness (QED) is 0.759. The number of benzene rings is 2. The summed E-state index contributed by atoms with van der Waals surface area (Å²) in [6.45, 7) is 2.81. The lowest BCUT2D eigenvalue weighted by Gasteiger charge is -2.37. The van der Waals surface area contributed by atoms with Crippen LogP contribution in [-0.2, 0) is 9.53 Å². The predicted molar refractivity (Wildman–Crippen MR) is 109 cm³/mol. The lowest BCUT2D eigenvalue weighted by Crippen LogP contribution is -2.51. The molecule has 3 fully saturated rings. The Bertz CT molecular complexity index is 985. The Kier molecular flexibility index (Phi) is 4.62. The smallest absolute Gasteiger partial charge is 0.257 e. The number of rotatable bonds is 2. The van der Waals surface area contributed by atoms with Gasteiger partial charge in [-0.25, -0.2) is 4.39 Å². The van der Waals surface area contributed by atoms with Crippen LogP contribution in [0.1, 0.15) is 53.2 Å². The molecule has 30 heavy (non-hydrogen) atoms. The van der Waals surface area contributed by atoms with Gasteiger partial charge in [-0.3, -0.25) is 9.59 Å². The molecule has 0 aliphatic carbocycles. The van der Waals surface area contributed by atoms with Gasteiger partial charge in [0, 0.05) is 37.1 Å². The number of hydrogen-bond donors (Lipinski definition) is 0. The molecule has 0 saturated carbocycles. The molecule has 5 rings (SSSR count). The Morgan fingerprint density at radius 2 is 1.83 bits per heavy atom.